The first-order valence-corrected chi connectivity index (χ1v) is 5.91. The molecule has 0 atom stereocenters. The molecule has 0 aliphatic rings. The molecule has 102 valence electrons. The van der Waals surface area contributed by atoms with E-state index in [1.165, 1.54) is 24.3 Å². The summed E-state index contributed by atoms with van der Waals surface area (Å²) in [6.07, 6.45) is 0. The Balaban J connectivity index is 2.23. The Morgan fingerprint density at radius 1 is 1.05 bits per heavy atom. The number of halogens is 3. The van der Waals surface area contributed by atoms with Crippen LogP contribution in [0.5, 0.6) is 0 Å². The predicted molar refractivity (Wildman–Crippen MR) is 70.9 cm³/mol. The Hall–Kier alpha value is -2.27. The standard InChI is InChI=1S/C14H8ClF2NO2/c15-13(19)8-2-1-3-10(6-8)18-14(20)11-5-4-9(16)7-12(11)17/h1-7H,(H,18,20). The van der Waals surface area contributed by atoms with E-state index < -0.39 is 22.8 Å². The lowest BCUT2D eigenvalue weighted by atomic mass is 10.1. The second kappa shape index (κ2) is 5.79. The number of hydrogen-bond acceptors (Lipinski definition) is 2. The van der Waals surface area contributed by atoms with Crippen LogP contribution in [0.25, 0.3) is 0 Å². The fourth-order valence-electron chi connectivity index (χ4n) is 1.59. The quantitative estimate of drug-likeness (QED) is 0.880. The van der Waals surface area contributed by atoms with E-state index in [9.17, 15) is 18.4 Å². The number of amides is 1. The molecule has 0 bridgehead atoms. The van der Waals surface area contributed by atoms with Crippen molar-refractivity contribution in [1.29, 1.82) is 0 Å². The number of hydrogen-bond donors (Lipinski definition) is 1. The van der Waals surface area contributed by atoms with Gasteiger partial charge in [-0.3, -0.25) is 9.59 Å². The molecule has 1 N–H and O–H groups in total. The predicted octanol–water partition coefficient (Wildman–Crippen LogP) is 3.60. The number of carbonyl (C=O) groups excluding carboxylic acids is 2. The molecule has 0 aromatic heterocycles. The van der Waals surface area contributed by atoms with E-state index in [0.717, 1.165) is 12.1 Å². The van der Waals surface area contributed by atoms with E-state index in [1.807, 2.05) is 0 Å². The van der Waals surface area contributed by atoms with Gasteiger partial charge in [0.15, 0.2) is 0 Å². The molecule has 0 radical (unpaired) electrons. The van der Waals surface area contributed by atoms with Crippen molar-refractivity contribution in [1.82, 2.24) is 0 Å². The molecule has 0 fully saturated rings. The van der Waals surface area contributed by atoms with Gasteiger partial charge in [0.25, 0.3) is 11.1 Å². The summed E-state index contributed by atoms with van der Waals surface area (Å²) < 4.78 is 26.2. The average Bonchev–Trinajstić information content (AvgIpc) is 2.38. The molecule has 0 saturated carbocycles. The monoisotopic (exact) mass is 295 g/mol. The lowest BCUT2D eigenvalue weighted by molar-refractivity contribution is 0.102. The molecule has 2 aromatic rings. The van der Waals surface area contributed by atoms with Gasteiger partial charge in [0.05, 0.1) is 5.56 Å². The van der Waals surface area contributed by atoms with Crippen LogP contribution in [0, 0.1) is 11.6 Å². The maximum absolute atomic E-state index is 13.4. The van der Waals surface area contributed by atoms with Crippen molar-refractivity contribution in [3.05, 3.63) is 65.2 Å². The van der Waals surface area contributed by atoms with Crippen LogP contribution in [0.2, 0.25) is 0 Å². The summed E-state index contributed by atoms with van der Waals surface area (Å²) in [6.45, 7) is 0. The summed E-state index contributed by atoms with van der Waals surface area (Å²) >= 11 is 5.32. The van der Waals surface area contributed by atoms with Crippen molar-refractivity contribution >= 4 is 28.4 Å². The van der Waals surface area contributed by atoms with Gasteiger partial charge in [0, 0.05) is 17.3 Å². The van der Waals surface area contributed by atoms with Crippen molar-refractivity contribution in [3.63, 3.8) is 0 Å². The van der Waals surface area contributed by atoms with Crippen LogP contribution in [0.1, 0.15) is 20.7 Å². The number of benzene rings is 2. The molecular formula is C14H8ClF2NO2. The van der Waals surface area contributed by atoms with Gasteiger partial charge in [0.1, 0.15) is 11.6 Å². The van der Waals surface area contributed by atoms with Crippen LogP contribution in [0.3, 0.4) is 0 Å². The lowest BCUT2D eigenvalue weighted by Gasteiger charge is -2.07. The molecule has 0 saturated heterocycles. The highest BCUT2D eigenvalue weighted by Crippen LogP contribution is 2.15. The van der Waals surface area contributed by atoms with E-state index >= 15 is 0 Å². The average molecular weight is 296 g/mol. The first kappa shape index (κ1) is 14.1. The van der Waals surface area contributed by atoms with Crippen molar-refractivity contribution in [2.75, 3.05) is 5.32 Å². The molecule has 2 rings (SSSR count). The van der Waals surface area contributed by atoms with Gasteiger partial charge >= 0.3 is 0 Å². The maximum atomic E-state index is 13.4. The SMILES string of the molecule is O=C(Cl)c1cccc(NC(=O)c2ccc(F)cc2F)c1. The van der Waals surface area contributed by atoms with Gasteiger partial charge in [-0.15, -0.1) is 0 Å². The Bertz CT molecular complexity index is 689. The second-order valence-electron chi connectivity index (χ2n) is 3.93. The highest BCUT2D eigenvalue weighted by Gasteiger charge is 2.13. The lowest BCUT2D eigenvalue weighted by Crippen LogP contribution is -2.14. The molecular weight excluding hydrogens is 288 g/mol. The second-order valence-corrected chi connectivity index (χ2v) is 4.28. The molecule has 2 aromatic carbocycles. The van der Waals surface area contributed by atoms with Gasteiger partial charge in [-0.1, -0.05) is 6.07 Å². The zero-order chi connectivity index (χ0) is 14.7. The first-order valence-electron chi connectivity index (χ1n) is 5.53. The summed E-state index contributed by atoms with van der Waals surface area (Å²) in [5.41, 5.74) is 0.184. The highest BCUT2D eigenvalue weighted by molar-refractivity contribution is 6.67. The molecule has 3 nitrogen and oxygen atoms in total. The Morgan fingerprint density at radius 2 is 1.80 bits per heavy atom. The topological polar surface area (TPSA) is 46.2 Å². The van der Waals surface area contributed by atoms with Crippen LogP contribution in [0.4, 0.5) is 14.5 Å². The molecule has 20 heavy (non-hydrogen) atoms. The Labute approximate surface area is 118 Å². The summed E-state index contributed by atoms with van der Waals surface area (Å²) in [4.78, 5) is 22.8. The van der Waals surface area contributed by atoms with Gasteiger partial charge in [-0.05, 0) is 41.9 Å². The van der Waals surface area contributed by atoms with Crippen LogP contribution >= 0.6 is 11.6 Å². The van der Waals surface area contributed by atoms with Gasteiger partial charge in [-0.25, -0.2) is 8.78 Å². The Morgan fingerprint density at radius 3 is 2.45 bits per heavy atom. The molecule has 0 spiro atoms. The highest BCUT2D eigenvalue weighted by atomic mass is 35.5. The summed E-state index contributed by atoms with van der Waals surface area (Å²) in [5.74, 6) is -2.48. The minimum absolute atomic E-state index is 0.198. The van der Waals surface area contributed by atoms with E-state index in [1.54, 1.807) is 0 Å². The van der Waals surface area contributed by atoms with E-state index in [2.05, 4.69) is 5.32 Å². The first-order chi connectivity index (χ1) is 9.47. The van der Waals surface area contributed by atoms with Crippen molar-refractivity contribution < 1.29 is 18.4 Å². The smallest absolute Gasteiger partial charge is 0.258 e. The minimum atomic E-state index is -0.966. The fourth-order valence-corrected chi connectivity index (χ4v) is 1.71. The third-order valence-corrected chi connectivity index (χ3v) is 2.74. The van der Waals surface area contributed by atoms with E-state index in [-0.39, 0.29) is 16.8 Å². The van der Waals surface area contributed by atoms with E-state index in [0.29, 0.717) is 6.07 Å². The van der Waals surface area contributed by atoms with Gasteiger partial charge in [-0.2, -0.15) is 0 Å². The third-order valence-electron chi connectivity index (χ3n) is 2.52. The number of anilines is 1. The normalized spacial score (nSPS) is 10.2. The molecule has 1 amide bonds. The van der Waals surface area contributed by atoms with Crippen LogP contribution in [0.15, 0.2) is 42.5 Å². The minimum Gasteiger partial charge on any atom is -0.322 e. The zero-order valence-corrected chi connectivity index (χ0v) is 10.7. The molecule has 0 aliphatic heterocycles. The van der Waals surface area contributed by atoms with Gasteiger partial charge in [0.2, 0.25) is 0 Å². The van der Waals surface area contributed by atoms with Crippen molar-refractivity contribution in [2.45, 2.75) is 0 Å². The number of nitrogens with one attached hydrogen (secondary N) is 1. The van der Waals surface area contributed by atoms with E-state index in [4.69, 9.17) is 11.6 Å². The Kier molecular flexibility index (Phi) is 4.10. The van der Waals surface area contributed by atoms with Crippen molar-refractivity contribution in [3.8, 4) is 0 Å². The van der Waals surface area contributed by atoms with Crippen LogP contribution in [-0.2, 0) is 0 Å². The van der Waals surface area contributed by atoms with Crippen molar-refractivity contribution in [2.24, 2.45) is 0 Å². The molecule has 0 aliphatic carbocycles. The largest absolute Gasteiger partial charge is 0.322 e. The van der Waals surface area contributed by atoms with Crippen LogP contribution in [-0.4, -0.2) is 11.1 Å². The molecule has 6 heteroatoms. The molecule has 0 heterocycles. The number of carbonyl (C=O) groups is 2. The summed E-state index contributed by atoms with van der Waals surface area (Å²) in [6, 6.07) is 8.51. The molecule has 0 unspecified atom stereocenters. The summed E-state index contributed by atoms with van der Waals surface area (Å²) in [7, 11) is 0. The number of rotatable bonds is 3. The van der Waals surface area contributed by atoms with Gasteiger partial charge < -0.3 is 5.32 Å². The third kappa shape index (κ3) is 3.19. The summed E-state index contributed by atoms with van der Waals surface area (Å²) in [5, 5.41) is 1.73. The van der Waals surface area contributed by atoms with Crippen LogP contribution < -0.4 is 5.32 Å². The maximum Gasteiger partial charge on any atom is 0.258 e. The zero-order valence-electron chi connectivity index (χ0n) is 9.99. The fraction of sp³-hybridized carbons (Fsp3) is 0.